The molecule has 2 aliphatic rings. The lowest BCUT2D eigenvalue weighted by molar-refractivity contribution is -0.131. The van der Waals surface area contributed by atoms with Crippen LogP contribution in [-0.4, -0.2) is 58.1 Å². The molecule has 2 fully saturated rings. The van der Waals surface area contributed by atoms with E-state index in [9.17, 15) is 14.4 Å². The number of aromatic nitrogens is 2. The van der Waals surface area contributed by atoms with Crippen molar-refractivity contribution in [3.63, 3.8) is 0 Å². The summed E-state index contributed by atoms with van der Waals surface area (Å²) in [5.74, 6) is 0.278. The van der Waals surface area contributed by atoms with Crippen LogP contribution >= 0.6 is 0 Å². The topological polar surface area (TPSA) is 104 Å². The van der Waals surface area contributed by atoms with Crippen molar-refractivity contribution in [1.29, 1.82) is 0 Å². The average molecular weight is 520 g/mol. The molecular formula is C30H41N5O3. The van der Waals surface area contributed by atoms with E-state index in [0.717, 1.165) is 56.3 Å². The van der Waals surface area contributed by atoms with E-state index in [1.165, 1.54) is 12.7 Å². The third-order valence-electron chi connectivity index (χ3n) is 7.90. The molecule has 1 saturated heterocycles. The van der Waals surface area contributed by atoms with Crippen molar-refractivity contribution in [2.24, 2.45) is 11.8 Å². The first kappa shape index (κ1) is 27.9. The molecule has 1 aliphatic heterocycles. The summed E-state index contributed by atoms with van der Waals surface area (Å²) in [6, 6.07) is 9.12. The van der Waals surface area contributed by atoms with Crippen molar-refractivity contribution in [1.82, 2.24) is 25.5 Å². The summed E-state index contributed by atoms with van der Waals surface area (Å²) in [6.07, 6.45) is 10.5. The van der Waals surface area contributed by atoms with Crippen molar-refractivity contribution < 1.29 is 14.4 Å². The van der Waals surface area contributed by atoms with Gasteiger partial charge in [0.25, 0.3) is 5.91 Å². The van der Waals surface area contributed by atoms with Crippen molar-refractivity contribution in [3.8, 4) is 0 Å². The van der Waals surface area contributed by atoms with E-state index < -0.39 is 6.04 Å². The van der Waals surface area contributed by atoms with Gasteiger partial charge in [-0.15, -0.1) is 0 Å². The zero-order chi connectivity index (χ0) is 26.9. The van der Waals surface area contributed by atoms with E-state index in [4.69, 9.17) is 0 Å². The van der Waals surface area contributed by atoms with Crippen LogP contribution in [-0.2, 0) is 16.1 Å². The number of hydrogen-bond acceptors (Lipinski definition) is 6. The van der Waals surface area contributed by atoms with Crippen LogP contribution in [0.15, 0.2) is 42.9 Å². The predicted molar refractivity (Wildman–Crippen MR) is 146 cm³/mol. The molecule has 2 aromatic rings. The van der Waals surface area contributed by atoms with Crippen LogP contribution < -0.4 is 10.6 Å². The molecule has 2 amide bonds. The van der Waals surface area contributed by atoms with Gasteiger partial charge in [0.1, 0.15) is 6.33 Å². The van der Waals surface area contributed by atoms with E-state index in [0.29, 0.717) is 18.7 Å². The number of benzene rings is 1. The molecule has 0 radical (unpaired) electrons. The molecule has 2 atom stereocenters. The average Bonchev–Trinajstić information content (AvgIpc) is 2.96. The minimum atomic E-state index is -0.427. The van der Waals surface area contributed by atoms with E-state index in [1.807, 2.05) is 49.1 Å². The van der Waals surface area contributed by atoms with E-state index >= 15 is 0 Å². The van der Waals surface area contributed by atoms with Crippen LogP contribution in [0.3, 0.4) is 0 Å². The quantitative estimate of drug-likeness (QED) is 0.494. The fourth-order valence-corrected chi connectivity index (χ4v) is 5.71. The summed E-state index contributed by atoms with van der Waals surface area (Å²) in [5, 5.41) is 6.29. The number of piperidine rings is 1. The highest BCUT2D eigenvalue weighted by molar-refractivity contribution is 5.98. The second kappa shape index (κ2) is 13.6. The van der Waals surface area contributed by atoms with Gasteiger partial charge < -0.3 is 15.5 Å². The first-order valence-electron chi connectivity index (χ1n) is 14.1. The van der Waals surface area contributed by atoms with E-state index in [-0.39, 0.29) is 41.9 Å². The zero-order valence-electron chi connectivity index (χ0n) is 22.7. The predicted octanol–water partition coefficient (Wildman–Crippen LogP) is 3.88. The van der Waals surface area contributed by atoms with Crippen molar-refractivity contribution in [2.75, 3.05) is 19.6 Å². The fraction of sp³-hybridized carbons (Fsp3) is 0.567. The van der Waals surface area contributed by atoms with Gasteiger partial charge in [-0.1, -0.05) is 45.2 Å². The Kier molecular flexibility index (Phi) is 9.98. The SMILES string of the molecule is CC(C)C(=O)[C@H](NC(=O)c1cccc(C2CCCN(C(=O)CNCc3ccncn3)C2)c1)C1CCCCC1. The molecule has 4 rings (SSSR count). The summed E-state index contributed by atoms with van der Waals surface area (Å²) in [7, 11) is 0. The van der Waals surface area contributed by atoms with Crippen LogP contribution in [0.2, 0.25) is 0 Å². The highest BCUT2D eigenvalue weighted by atomic mass is 16.2. The third-order valence-corrected chi connectivity index (χ3v) is 7.90. The summed E-state index contributed by atoms with van der Waals surface area (Å²) in [5.41, 5.74) is 2.49. The molecule has 1 aromatic heterocycles. The van der Waals surface area contributed by atoms with Crippen molar-refractivity contribution >= 4 is 17.6 Å². The normalized spacial score (nSPS) is 19.2. The Labute approximate surface area is 226 Å². The van der Waals surface area contributed by atoms with E-state index in [2.05, 4.69) is 20.6 Å². The molecule has 1 aliphatic carbocycles. The highest BCUT2D eigenvalue weighted by Gasteiger charge is 2.32. The molecule has 0 spiro atoms. The molecular weight excluding hydrogens is 478 g/mol. The summed E-state index contributed by atoms with van der Waals surface area (Å²) in [4.78, 5) is 49.2. The number of carbonyl (C=O) groups excluding carboxylic acids is 3. The highest BCUT2D eigenvalue weighted by Crippen LogP contribution is 2.30. The standard InChI is InChI=1S/C30H41N5O3/c1-21(2)29(37)28(22-8-4-3-5-9-22)34-30(38)24-11-6-10-23(16-24)25-12-7-15-35(19-25)27(36)18-32-17-26-13-14-31-20-33-26/h6,10-11,13-14,16,20-22,25,28,32H,3-5,7-9,12,15,17-19H2,1-2H3,(H,34,38)/t25?,28-/m1/s1. The number of ketones is 1. The number of nitrogens with zero attached hydrogens (tertiary/aromatic N) is 3. The molecule has 8 nitrogen and oxygen atoms in total. The summed E-state index contributed by atoms with van der Waals surface area (Å²) >= 11 is 0. The lowest BCUT2D eigenvalue weighted by Gasteiger charge is -2.33. The lowest BCUT2D eigenvalue weighted by Crippen LogP contribution is -2.48. The number of likely N-dealkylation sites (tertiary alicyclic amines) is 1. The van der Waals surface area contributed by atoms with Crippen LogP contribution in [0.25, 0.3) is 0 Å². The van der Waals surface area contributed by atoms with Crippen molar-refractivity contribution in [3.05, 3.63) is 59.7 Å². The van der Waals surface area contributed by atoms with Gasteiger partial charge in [0.15, 0.2) is 5.78 Å². The van der Waals surface area contributed by atoms with Gasteiger partial charge in [-0.25, -0.2) is 9.97 Å². The molecule has 2 heterocycles. The van der Waals surface area contributed by atoms with Gasteiger partial charge in [-0.3, -0.25) is 14.4 Å². The Hall–Kier alpha value is -3.13. The Bertz CT molecular complexity index is 1080. The minimum absolute atomic E-state index is 0.0696. The van der Waals surface area contributed by atoms with Gasteiger partial charge in [0.05, 0.1) is 18.3 Å². The largest absolute Gasteiger partial charge is 0.342 e. The molecule has 38 heavy (non-hydrogen) atoms. The van der Waals surface area contributed by atoms with Gasteiger partial charge in [0, 0.05) is 43.2 Å². The third kappa shape index (κ3) is 7.47. The van der Waals surface area contributed by atoms with E-state index in [1.54, 1.807) is 6.20 Å². The molecule has 2 N–H and O–H groups in total. The molecule has 1 unspecified atom stereocenters. The summed E-state index contributed by atoms with van der Waals surface area (Å²) in [6.45, 7) is 5.97. The number of amides is 2. The van der Waals surface area contributed by atoms with Crippen molar-refractivity contribution in [2.45, 2.75) is 77.3 Å². The zero-order valence-corrected chi connectivity index (χ0v) is 22.7. The van der Waals surface area contributed by atoms with Crippen LogP contribution in [0.1, 0.15) is 86.3 Å². The van der Waals surface area contributed by atoms with Gasteiger partial charge in [0.2, 0.25) is 5.91 Å². The number of hydrogen-bond donors (Lipinski definition) is 2. The first-order chi connectivity index (χ1) is 18.4. The lowest BCUT2D eigenvalue weighted by atomic mass is 9.80. The Morgan fingerprint density at radius 2 is 1.87 bits per heavy atom. The molecule has 0 bridgehead atoms. The molecule has 1 aromatic carbocycles. The maximum atomic E-state index is 13.3. The Morgan fingerprint density at radius 3 is 2.61 bits per heavy atom. The van der Waals surface area contributed by atoms with Gasteiger partial charge in [-0.2, -0.15) is 0 Å². The molecule has 204 valence electrons. The molecule has 1 saturated carbocycles. The maximum Gasteiger partial charge on any atom is 0.251 e. The first-order valence-corrected chi connectivity index (χ1v) is 14.1. The second-order valence-electron chi connectivity index (χ2n) is 11.0. The number of rotatable bonds is 10. The number of Topliss-reactive ketones (excluding diaryl/α,β-unsaturated/α-hetero) is 1. The van der Waals surface area contributed by atoms with Gasteiger partial charge >= 0.3 is 0 Å². The second-order valence-corrected chi connectivity index (χ2v) is 11.0. The number of carbonyl (C=O) groups is 3. The van der Waals surface area contributed by atoms with Crippen LogP contribution in [0, 0.1) is 11.8 Å². The Balaban J connectivity index is 1.36. The molecule has 8 heteroatoms. The Morgan fingerprint density at radius 1 is 1.05 bits per heavy atom. The monoisotopic (exact) mass is 519 g/mol. The summed E-state index contributed by atoms with van der Waals surface area (Å²) < 4.78 is 0. The minimum Gasteiger partial charge on any atom is -0.342 e. The maximum absolute atomic E-state index is 13.3. The van der Waals surface area contributed by atoms with Crippen LogP contribution in [0.4, 0.5) is 0 Å². The smallest absolute Gasteiger partial charge is 0.251 e. The number of nitrogens with one attached hydrogen (secondary N) is 2. The van der Waals surface area contributed by atoms with Gasteiger partial charge in [-0.05, 0) is 55.4 Å². The fourth-order valence-electron chi connectivity index (χ4n) is 5.71. The van der Waals surface area contributed by atoms with Crippen LogP contribution in [0.5, 0.6) is 0 Å².